The van der Waals surface area contributed by atoms with Gasteiger partial charge >= 0.3 is 5.97 Å². The van der Waals surface area contributed by atoms with E-state index in [2.05, 4.69) is 60.8 Å². The summed E-state index contributed by atoms with van der Waals surface area (Å²) in [5.74, 6) is -0.338. The van der Waals surface area contributed by atoms with E-state index in [0.717, 1.165) is 26.4 Å². The first-order valence-corrected chi connectivity index (χ1v) is 11.9. The van der Waals surface area contributed by atoms with E-state index in [0.29, 0.717) is 25.2 Å². The van der Waals surface area contributed by atoms with Crippen LogP contribution in [0.5, 0.6) is 0 Å². The van der Waals surface area contributed by atoms with E-state index in [4.69, 9.17) is 10.2 Å². The Balaban J connectivity index is 0.000000583. The number of aliphatic carboxylic acids is 1. The van der Waals surface area contributed by atoms with E-state index in [9.17, 15) is 9.59 Å². The summed E-state index contributed by atoms with van der Waals surface area (Å²) in [6.07, 6.45) is 4.33. The Labute approximate surface area is 200 Å². The average Bonchev–Trinajstić information content (AvgIpc) is 2.84. The number of carboxylic acids is 1. The van der Waals surface area contributed by atoms with Crippen LogP contribution in [0.1, 0.15) is 65.4 Å². The second-order valence-corrected chi connectivity index (χ2v) is 8.12. The van der Waals surface area contributed by atoms with Gasteiger partial charge < -0.3 is 15.5 Å². The van der Waals surface area contributed by atoms with E-state index in [1.165, 1.54) is 16.7 Å². The molecule has 33 heavy (non-hydrogen) atoms. The molecule has 5 nitrogen and oxygen atoms in total. The molecule has 0 bridgehead atoms. The minimum Gasteiger partial charge on any atom is -0.481 e. The van der Waals surface area contributed by atoms with Crippen molar-refractivity contribution in [2.45, 2.75) is 72.3 Å². The average molecular weight is 458 g/mol. The molecule has 0 spiro atoms. The van der Waals surface area contributed by atoms with E-state index in [-0.39, 0.29) is 18.4 Å². The first-order valence-electron chi connectivity index (χ1n) is 11.9. The molecular formula is C28H43NO4. The maximum Gasteiger partial charge on any atom is 0.303 e. The summed E-state index contributed by atoms with van der Waals surface area (Å²) >= 11 is 0. The summed E-state index contributed by atoms with van der Waals surface area (Å²) in [6, 6.07) is 19.5. The third-order valence-corrected chi connectivity index (χ3v) is 5.28. The van der Waals surface area contributed by atoms with Gasteiger partial charge in [0, 0.05) is 31.9 Å². The van der Waals surface area contributed by atoms with Crippen LogP contribution < -0.4 is 5.32 Å². The van der Waals surface area contributed by atoms with Gasteiger partial charge in [0.2, 0.25) is 0 Å². The van der Waals surface area contributed by atoms with Crippen molar-refractivity contribution in [2.75, 3.05) is 13.7 Å². The van der Waals surface area contributed by atoms with E-state index in [1.807, 2.05) is 26.8 Å². The molecule has 0 heterocycles. The molecule has 0 aromatic heterocycles. The fourth-order valence-electron chi connectivity index (χ4n) is 3.39. The van der Waals surface area contributed by atoms with Crippen LogP contribution in [0.2, 0.25) is 0 Å². The zero-order valence-corrected chi connectivity index (χ0v) is 21.0. The summed E-state index contributed by atoms with van der Waals surface area (Å²) in [4.78, 5) is 21.9. The fraction of sp³-hybridized carbons (Fsp3) is 0.500. The largest absolute Gasteiger partial charge is 0.481 e. The number of aliphatic hydroxyl groups excluding tert-OH is 1. The zero-order valence-electron chi connectivity index (χ0n) is 21.0. The SMILES string of the molecule is CCCC(=O)[C@H](C)CC(C)NCCCC(=O)O.CCc1ccc(-c2ccccc2)cc1.CO. The second-order valence-electron chi connectivity index (χ2n) is 8.12. The topological polar surface area (TPSA) is 86.6 Å². The molecule has 0 amide bonds. The van der Waals surface area contributed by atoms with Crippen molar-refractivity contribution in [2.24, 2.45) is 5.92 Å². The number of ketones is 1. The molecule has 0 fully saturated rings. The van der Waals surface area contributed by atoms with Gasteiger partial charge in [-0.3, -0.25) is 9.59 Å². The Kier molecular flexibility index (Phi) is 17.6. The highest BCUT2D eigenvalue weighted by Gasteiger charge is 2.15. The van der Waals surface area contributed by atoms with Crippen LogP contribution in [0.25, 0.3) is 11.1 Å². The van der Waals surface area contributed by atoms with Gasteiger partial charge in [0.15, 0.2) is 0 Å². The molecule has 5 heteroatoms. The van der Waals surface area contributed by atoms with E-state index >= 15 is 0 Å². The van der Waals surface area contributed by atoms with Crippen molar-refractivity contribution in [1.29, 1.82) is 0 Å². The molecule has 0 aliphatic carbocycles. The third kappa shape index (κ3) is 14.3. The van der Waals surface area contributed by atoms with Gasteiger partial charge in [-0.05, 0) is 55.8 Å². The summed E-state index contributed by atoms with van der Waals surface area (Å²) in [5.41, 5.74) is 3.97. The number of aliphatic hydroxyl groups is 1. The van der Waals surface area contributed by atoms with Crippen molar-refractivity contribution in [1.82, 2.24) is 5.32 Å². The predicted octanol–water partition coefficient (Wildman–Crippen LogP) is 5.75. The van der Waals surface area contributed by atoms with Gasteiger partial charge in [0.05, 0.1) is 0 Å². The standard InChI is InChI=1S/C14H14.C13H25NO3.CH4O/c1-2-12-8-10-14(11-9-12)13-6-4-3-5-7-13;1-4-6-12(15)10(2)9-11(3)14-8-5-7-13(16)17;1-2/h3-11H,2H2,1H3;10-11,14H,4-9H2,1-3H3,(H,16,17);2H,1H3/t;10-,11?;/m.1./s1. The van der Waals surface area contributed by atoms with Crippen LogP contribution in [0, 0.1) is 5.92 Å². The number of rotatable bonds is 12. The molecule has 0 aliphatic rings. The number of hydrogen-bond acceptors (Lipinski definition) is 4. The van der Waals surface area contributed by atoms with Crippen LogP contribution in [0.15, 0.2) is 54.6 Å². The van der Waals surface area contributed by atoms with Gasteiger partial charge in [0.1, 0.15) is 5.78 Å². The summed E-state index contributed by atoms with van der Waals surface area (Å²) in [6.45, 7) is 8.89. The molecule has 3 N–H and O–H groups in total. The van der Waals surface area contributed by atoms with Gasteiger partial charge in [-0.15, -0.1) is 0 Å². The lowest BCUT2D eigenvalue weighted by Crippen LogP contribution is -2.30. The van der Waals surface area contributed by atoms with Gasteiger partial charge in [-0.2, -0.15) is 0 Å². The van der Waals surface area contributed by atoms with E-state index < -0.39 is 5.97 Å². The molecule has 0 aliphatic heterocycles. The van der Waals surface area contributed by atoms with Crippen LogP contribution >= 0.6 is 0 Å². The van der Waals surface area contributed by atoms with Crippen molar-refractivity contribution in [3.63, 3.8) is 0 Å². The Morgan fingerprint density at radius 1 is 0.879 bits per heavy atom. The molecule has 2 aromatic carbocycles. The normalized spacial score (nSPS) is 11.8. The van der Waals surface area contributed by atoms with Crippen LogP contribution in [0.3, 0.4) is 0 Å². The number of nitrogens with one attached hydrogen (secondary N) is 1. The molecule has 184 valence electrons. The number of aryl methyl sites for hydroxylation is 1. The Morgan fingerprint density at radius 3 is 1.97 bits per heavy atom. The number of benzene rings is 2. The molecule has 1 unspecified atom stereocenters. The minimum absolute atomic E-state index is 0.0944. The number of hydrogen-bond donors (Lipinski definition) is 3. The summed E-state index contributed by atoms with van der Waals surface area (Å²) in [5, 5.41) is 18.7. The van der Waals surface area contributed by atoms with Gasteiger partial charge in [-0.25, -0.2) is 0 Å². The number of carboxylic acid groups (broad SMARTS) is 1. The zero-order chi connectivity index (χ0) is 25.1. The molecule has 2 rings (SSSR count). The molecule has 0 saturated carbocycles. The number of carbonyl (C=O) groups excluding carboxylic acids is 1. The van der Waals surface area contributed by atoms with Crippen molar-refractivity contribution < 1.29 is 19.8 Å². The Hall–Kier alpha value is -2.50. The fourth-order valence-corrected chi connectivity index (χ4v) is 3.39. The highest BCUT2D eigenvalue weighted by atomic mass is 16.4. The Bertz CT molecular complexity index is 759. The smallest absolute Gasteiger partial charge is 0.303 e. The molecule has 2 atom stereocenters. The lowest BCUT2D eigenvalue weighted by Gasteiger charge is -2.17. The lowest BCUT2D eigenvalue weighted by molar-refractivity contribution is -0.137. The first-order chi connectivity index (χ1) is 15.9. The quantitative estimate of drug-likeness (QED) is 0.353. The first kappa shape index (κ1) is 30.5. The third-order valence-electron chi connectivity index (χ3n) is 5.28. The van der Waals surface area contributed by atoms with Gasteiger partial charge in [0.25, 0.3) is 0 Å². The monoisotopic (exact) mass is 457 g/mol. The molecule has 0 radical (unpaired) electrons. The van der Waals surface area contributed by atoms with Crippen LogP contribution in [-0.4, -0.2) is 41.7 Å². The minimum atomic E-state index is -0.758. The van der Waals surface area contributed by atoms with E-state index in [1.54, 1.807) is 0 Å². The lowest BCUT2D eigenvalue weighted by atomic mass is 9.95. The maximum atomic E-state index is 11.6. The molecular weight excluding hydrogens is 414 g/mol. The molecule has 0 saturated heterocycles. The van der Waals surface area contributed by atoms with Crippen LogP contribution in [0.4, 0.5) is 0 Å². The summed E-state index contributed by atoms with van der Waals surface area (Å²) in [7, 11) is 1.00. The second kappa shape index (κ2) is 19.0. The van der Waals surface area contributed by atoms with Crippen molar-refractivity contribution in [3.8, 4) is 11.1 Å². The summed E-state index contributed by atoms with van der Waals surface area (Å²) < 4.78 is 0. The highest BCUT2D eigenvalue weighted by molar-refractivity contribution is 5.80. The van der Waals surface area contributed by atoms with Crippen LogP contribution in [-0.2, 0) is 16.0 Å². The van der Waals surface area contributed by atoms with Gasteiger partial charge in [-0.1, -0.05) is 75.4 Å². The van der Waals surface area contributed by atoms with Crippen molar-refractivity contribution in [3.05, 3.63) is 60.2 Å². The maximum absolute atomic E-state index is 11.6. The highest BCUT2D eigenvalue weighted by Crippen LogP contribution is 2.19. The Morgan fingerprint density at radius 2 is 1.45 bits per heavy atom. The number of carbonyl (C=O) groups is 2. The molecule has 2 aromatic rings. The van der Waals surface area contributed by atoms with Crippen molar-refractivity contribution >= 4 is 11.8 Å². The predicted molar refractivity (Wildman–Crippen MR) is 137 cm³/mol. The number of Topliss-reactive ketones (excluding diaryl/α,β-unsaturated/α-hetero) is 1.